The van der Waals surface area contributed by atoms with Gasteiger partial charge in [0.25, 0.3) is 19.7 Å². The third-order valence-corrected chi connectivity index (χ3v) is 10.0. The van der Waals surface area contributed by atoms with Gasteiger partial charge in [0.1, 0.15) is 4.91 Å². The van der Waals surface area contributed by atoms with E-state index in [2.05, 4.69) is 27.8 Å². The molecule has 14 heteroatoms. The summed E-state index contributed by atoms with van der Waals surface area (Å²) in [6.45, 7) is 11.0. The van der Waals surface area contributed by atoms with Gasteiger partial charge < -0.3 is 4.48 Å². The van der Waals surface area contributed by atoms with Crippen LogP contribution >= 0.6 is 0 Å². The summed E-state index contributed by atoms with van der Waals surface area (Å²) in [5.41, 5.74) is -13.9. The van der Waals surface area contributed by atoms with Crippen LogP contribution in [0, 0.1) is 5.41 Å². The second kappa shape index (κ2) is 12.8. The van der Waals surface area contributed by atoms with Crippen LogP contribution in [0.25, 0.3) is 11.6 Å². The highest BCUT2D eigenvalue weighted by Gasteiger charge is 2.57. The molecule has 1 aromatic carbocycles. The molecule has 2 aliphatic carbocycles. The molecule has 0 spiro atoms. The van der Waals surface area contributed by atoms with Crippen LogP contribution in [0.5, 0.6) is 0 Å². The quantitative estimate of drug-likeness (QED) is 0.171. The van der Waals surface area contributed by atoms with E-state index in [1.807, 2.05) is 0 Å². The van der Waals surface area contributed by atoms with Crippen molar-refractivity contribution in [3.63, 3.8) is 0 Å². The van der Waals surface area contributed by atoms with E-state index in [0.29, 0.717) is 0 Å². The predicted octanol–water partition coefficient (Wildman–Crippen LogP) is 7.02. The third-order valence-electron chi connectivity index (χ3n) is 6.83. The Morgan fingerprint density at radius 3 is 1.76 bits per heavy atom. The number of unbranched alkanes of at least 4 members (excludes halogenated alkanes) is 2. The molecule has 1 aromatic rings. The molecule has 2 aliphatic rings. The van der Waals surface area contributed by atoms with Gasteiger partial charge in [-0.25, -0.2) is 16.8 Å². The summed E-state index contributed by atoms with van der Waals surface area (Å²) in [6, 6.07) is 5.69. The minimum atomic E-state index is -6.58. The smallest absolute Gasteiger partial charge is 0.326 e. The maximum atomic E-state index is 13.0. The fourth-order valence-electron chi connectivity index (χ4n) is 4.92. The highest BCUT2D eigenvalue weighted by atomic mass is 32.2. The molecule has 0 amide bonds. The molecular formula is C27H35F6N2O4S2+. The van der Waals surface area contributed by atoms with Crippen LogP contribution in [0.3, 0.4) is 0 Å². The number of fused-ring (bicyclic) bond motifs is 3. The molecule has 0 atom stereocenters. The average Bonchev–Trinajstić information content (AvgIpc) is 3.22. The molecule has 3 rings (SSSR count). The van der Waals surface area contributed by atoms with Gasteiger partial charge in [0, 0.05) is 5.57 Å². The van der Waals surface area contributed by atoms with Gasteiger partial charge in [-0.05, 0) is 54.5 Å². The van der Waals surface area contributed by atoms with Crippen molar-refractivity contribution in [2.45, 2.75) is 63.9 Å². The summed E-state index contributed by atoms with van der Waals surface area (Å²) < 4.78 is 127. The number of nitrogens with zero attached hydrogens (tertiary/aromatic N) is 1. The first-order chi connectivity index (χ1) is 18.8. The lowest BCUT2D eigenvalue weighted by atomic mass is 9.95. The SMILES string of the molecule is CCCCC[N+](C)(CCC)CCC.N=C1C2=Cc3ccccc3C2=CC(S(=O)(=O)C(F)(F)F)=C1S(=O)(=O)C(F)(F)F. The summed E-state index contributed by atoms with van der Waals surface area (Å²) >= 11 is 0. The first kappa shape index (κ1) is 34.7. The first-order valence-electron chi connectivity index (χ1n) is 13.1. The maximum Gasteiger partial charge on any atom is 0.502 e. The Hall–Kier alpha value is -2.45. The van der Waals surface area contributed by atoms with Gasteiger partial charge in [-0.15, -0.1) is 0 Å². The predicted molar refractivity (Wildman–Crippen MR) is 148 cm³/mol. The highest BCUT2D eigenvalue weighted by molar-refractivity contribution is 8.00. The Bertz CT molecular complexity index is 1450. The summed E-state index contributed by atoms with van der Waals surface area (Å²) in [6.07, 6.45) is 8.13. The van der Waals surface area contributed by atoms with Crippen LogP contribution < -0.4 is 0 Å². The number of hydrogen-bond acceptors (Lipinski definition) is 5. The van der Waals surface area contributed by atoms with Crippen molar-refractivity contribution in [3.8, 4) is 0 Å². The highest BCUT2D eigenvalue weighted by Crippen LogP contribution is 2.47. The van der Waals surface area contributed by atoms with Gasteiger partial charge in [-0.2, -0.15) is 26.3 Å². The van der Waals surface area contributed by atoms with Crippen LogP contribution in [0.15, 0.2) is 45.7 Å². The fourth-order valence-corrected chi connectivity index (χ4v) is 7.38. The number of benzene rings is 1. The Balaban J connectivity index is 0.000000383. The lowest BCUT2D eigenvalue weighted by molar-refractivity contribution is -0.909. The minimum absolute atomic E-state index is 0.153. The minimum Gasteiger partial charge on any atom is -0.326 e. The van der Waals surface area contributed by atoms with Crippen molar-refractivity contribution in [1.29, 1.82) is 5.41 Å². The normalized spacial score (nSPS) is 16.0. The number of rotatable bonds is 10. The molecule has 230 valence electrons. The maximum absolute atomic E-state index is 13.0. The molecule has 0 aliphatic heterocycles. The zero-order chi connectivity index (χ0) is 31.4. The first-order valence-corrected chi connectivity index (χ1v) is 16.1. The second-order valence-corrected chi connectivity index (χ2v) is 14.0. The zero-order valence-corrected chi connectivity index (χ0v) is 24.9. The van der Waals surface area contributed by atoms with Crippen molar-refractivity contribution in [2.24, 2.45) is 0 Å². The van der Waals surface area contributed by atoms with Gasteiger partial charge in [0.2, 0.25) is 0 Å². The van der Waals surface area contributed by atoms with E-state index in [4.69, 9.17) is 5.41 Å². The van der Waals surface area contributed by atoms with Crippen molar-refractivity contribution >= 4 is 37.0 Å². The van der Waals surface area contributed by atoms with E-state index < -0.39 is 51.8 Å². The summed E-state index contributed by atoms with van der Waals surface area (Å²) in [5, 5.41) is 7.82. The number of sulfone groups is 2. The van der Waals surface area contributed by atoms with Crippen LogP contribution in [0.1, 0.15) is 64.0 Å². The van der Waals surface area contributed by atoms with Gasteiger partial charge in [0.05, 0.1) is 37.3 Å². The molecule has 0 saturated heterocycles. The molecule has 0 unspecified atom stereocenters. The van der Waals surface area contributed by atoms with E-state index in [1.54, 1.807) is 0 Å². The monoisotopic (exact) mass is 629 g/mol. The van der Waals surface area contributed by atoms with E-state index in [9.17, 15) is 43.2 Å². The Kier molecular flexibility index (Phi) is 10.9. The molecular weight excluding hydrogens is 594 g/mol. The lowest BCUT2D eigenvalue weighted by Crippen LogP contribution is -2.45. The Morgan fingerprint density at radius 2 is 1.27 bits per heavy atom. The van der Waals surface area contributed by atoms with Crippen LogP contribution in [0.4, 0.5) is 26.3 Å². The van der Waals surface area contributed by atoms with Crippen LogP contribution in [-0.4, -0.2) is 64.7 Å². The molecule has 0 aromatic heterocycles. The van der Waals surface area contributed by atoms with E-state index in [-0.39, 0.29) is 22.8 Å². The Labute approximate surface area is 237 Å². The number of alkyl halides is 6. The van der Waals surface area contributed by atoms with Crippen molar-refractivity contribution in [1.82, 2.24) is 0 Å². The molecule has 0 saturated carbocycles. The van der Waals surface area contributed by atoms with Gasteiger partial charge in [-0.3, -0.25) is 5.41 Å². The number of quaternary nitrogens is 1. The summed E-state index contributed by atoms with van der Waals surface area (Å²) in [4.78, 5) is -4.38. The van der Waals surface area contributed by atoms with Gasteiger partial charge in [0.15, 0.2) is 0 Å². The molecule has 0 radical (unpaired) electrons. The summed E-state index contributed by atoms with van der Waals surface area (Å²) in [5.74, 6) is 0. The van der Waals surface area contributed by atoms with Crippen molar-refractivity contribution < 1.29 is 47.7 Å². The van der Waals surface area contributed by atoms with Gasteiger partial charge in [-0.1, -0.05) is 51.5 Å². The van der Waals surface area contributed by atoms with Crippen molar-refractivity contribution in [2.75, 3.05) is 26.7 Å². The third kappa shape index (κ3) is 7.31. The zero-order valence-electron chi connectivity index (χ0n) is 23.3. The Morgan fingerprint density at radius 1 is 0.732 bits per heavy atom. The number of hydrogen-bond donors (Lipinski definition) is 1. The molecule has 0 heterocycles. The molecule has 1 N–H and O–H groups in total. The number of halogens is 6. The molecule has 6 nitrogen and oxygen atoms in total. The number of nitrogens with one attached hydrogen (secondary N) is 1. The molecule has 41 heavy (non-hydrogen) atoms. The van der Waals surface area contributed by atoms with E-state index >= 15 is 0 Å². The second-order valence-electron chi connectivity index (χ2n) is 10.2. The summed E-state index contributed by atoms with van der Waals surface area (Å²) in [7, 11) is -10.7. The largest absolute Gasteiger partial charge is 0.502 e. The van der Waals surface area contributed by atoms with E-state index in [0.717, 1.165) is 6.08 Å². The molecule has 0 fully saturated rings. The fraction of sp³-hybridized carbons (Fsp3) is 0.519. The number of allylic oxidation sites excluding steroid dienone is 4. The standard InChI is InChI=1S/C15H7F6NO4S2.C12H28N/c16-14(17,18)27(23,24)11-6-9-8-4-2-1-3-7(8)5-10(9)12(22)13(11)28(25,26)15(19,20)21;1-5-8-9-12-13(4,10-6-2)11-7-3/h1-6,22H;5-12H2,1-4H3/q;+1. The van der Waals surface area contributed by atoms with E-state index in [1.165, 1.54) is 80.5 Å². The van der Waals surface area contributed by atoms with Crippen LogP contribution in [-0.2, 0) is 19.7 Å². The lowest BCUT2D eigenvalue weighted by Gasteiger charge is -2.34. The average molecular weight is 630 g/mol. The topological polar surface area (TPSA) is 92.1 Å². The van der Waals surface area contributed by atoms with Crippen LogP contribution in [0.2, 0.25) is 0 Å². The van der Waals surface area contributed by atoms with Crippen molar-refractivity contribution in [3.05, 3.63) is 56.9 Å². The van der Waals surface area contributed by atoms with Gasteiger partial charge >= 0.3 is 11.0 Å². The molecule has 0 bridgehead atoms.